The molecule has 0 bridgehead atoms. The average molecular weight is 315 g/mol. The Balaban J connectivity index is 1.55. The van der Waals surface area contributed by atoms with Crippen LogP contribution >= 0.6 is 0 Å². The van der Waals surface area contributed by atoms with Crippen LogP contribution in [-0.4, -0.2) is 54.0 Å². The lowest BCUT2D eigenvalue weighted by Gasteiger charge is -2.42. The van der Waals surface area contributed by atoms with E-state index < -0.39 is 0 Å². The Morgan fingerprint density at radius 1 is 1.22 bits per heavy atom. The van der Waals surface area contributed by atoms with Crippen LogP contribution in [0.25, 0.3) is 0 Å². The molecule has 1 amide bonds. The van der Waals surface area contributed by atoms with Crippen LogP contribution in [0.2, 0.25) is 0 Å². The fraction of sp³-hybridized carbons (Fsp3) is 0.632. The van der Waals surface area contributed by atoms with E-state index in [1.165, 1.54) is 5.56 Å². The van der Waals surface area contributed by atoms with Crippen molar-refractivity contribution in [3.63, 3.8) is 0 Å². The van der Waals surface area contributed by atoms with E-state index in [4.69, 9.17) is 0 Å². The molecule has 1 aromatic rings. The number of rotatable bonds is 3. The summed E-state index contributed by atoms with van der Waals surface area (Å²) >= 11 is 0. The van der Waals surface area contributed by atoms with E-state index >= 15 is 0 Å². The van der Waals surface area contributed by atoms with Crippen LogP contribution in [0.1, 0.15) is 32.3 Å². The van der Waals surface area contributed by atoms with Crippen LogP contribution in [-0.2, 0) is 11.3 Å². The van der Waals surface area contributed by atoms with Gasteiger partial charge in [0.05, 0.1) is 0 Å². The number of carbonyl (C=O) groups excluding carboxylic acids is 1. The lowest BCUT2D eigenvalue weighted by molar-refractivity contribution is -0.141. The molecule has 0 aromatic heterocycles. The Hall–Kier alpha value is -1.39. The maximum Gasteiger partial charge on any atom is 0.226 e. The van der Waals surface area contributed by atoms with Crippen molar-refractivity contribution < 1.29 is 4.79 Å². The fourth-order valence-electron chi connectivity index (χ4n) is 3.94. The summed E-state index contributed by atoms with van der Waals surface area (Å²) in [7, 11) is 0. The number of piperidine rings is 1. The van der Waals surface area contributed by atoms with Gasteiger partial charge in [0.15, 0.2) is 0 Å². The van der Waals surface area contributed by atoms with Crippen molar-refractivity contribution in [1.29, 1.82) is 0 Å². The molecule has 2 saturated heterocycles. The standard InChI is InChI=1S/C19H29N3O/c1-15-12-18(8-9-20-15)19(23)22-11-10-21(13-16(22)2)14-17-6-4-3-5-7-17/h3-7,15-16,18,20H,8-14H2,1-2H3/t15-,16+,18-/m0/s1. The number of piperazine rings is 1. The van der Waals surface area contributed by atoms with Crippen molar-refractivity contribution in [1.82, 2.24) is 15.1 Å². The molecule has 0 saturated carbocycles. The van der Waals surface area contributed by atoms with Gasteiger partial charge in [0.25, 0.3) is 0 Å². The smallest absolute Gasteiger partial charge is 0.226 e. The van der Waals surface area contributed by atoms with E-state index in [2.05, 4.69) is 59.3 Å². The second-order valence-corrected chi connectivity index (χ2v) is 7.18. The molecule has 2 fully saturated rings. The van der Waals surface area contributed by atoms with Crippen LogP contribution in [0.5, 0.6) is 0 Å². The van der Waals surface area contributed by atoms with E-state index in [9.17, 15) is 4.79 Å². The van der Waals surface area contributed by atoms with E-state index in [0.29, 0.717) is 18.0 Å². The molecule has 1 N–H and O–H groups in total. The maximum absolute atomic E-state index is 12.9. The van der Waals surface area contributed by atoms with Crippen molar-refractivity contribution in [2.24, 2.45) is 5.92 Å². The quantitative estimate of drug-likeness (QED) is 0.928. The summed E-state index contributed by atoms with van der Waals surface area (Å²) in [6, 6.07) is 11.4. The molecule has 4 nitrogen and oxygen atoms in total. The molecule has 3 rings (SSSR count). The van der Waals surface area contributed by atoms with Gasteiger partial charge in [0.1, 0.15) is 0 Å². The van der Waals surface area contributed by atoms with Gasteiger partial charge >= 0.3 is 0 Å². The van der Waals surface area contributed by atoms with Gasteiger partial charge in [-0.1, -0.05) is 30.3 Å². The number of nitrogens with one attached hydrogen (secondary N) is 1. The first kappa shape index (κ1) is 16.5. The van der Waals surface area contributed by atoms with Crippen LogP contribution in [0.3, 0.4) is 0 Å². The zero-order chi connectivity index (χ0) is 16.2. The largest absolute Gasteiger partial charge is 0.337 e. The number of hydrogen-bond acceptors (Lipinski definition) is 3. The predicted molar refractivity (Wildman–Crippen MR) is 93.1 cm³/mol. The minimum atomic E-state index is 0.217. The molecule has 126 valence electrons. The van der Waals surface area contributed by atoms with Gasteiger partial charge in [-0.15, -0.1) is 0 Å². The second kappa shape index (κ2) is 7.45. The fourth-order valence-corrected chi connectivity index (χ4v) is 3.94. The number of benzene rings is 1. The minimum Gasteiger partial charge on any atom is -0.337 e. The Bertz CT molecular complexity index is 519. The van der Waals surface area contributed by atoms with Crippen LogP contribution in [0.15, 0.2) is 30.3 Å². The molecular formula is C19H29N3O. The number of hydrogen-bond donors (Lipinski definition) is 1. The summed E-state index contributed by atoms with van der Waals surface area (Å²) in [4.78, 5) is 17.4. The van der Waals surface area contributed by atoms with Crippen LogP contribution in [0.4, 0.5) is 0 Å². The lowest BCUT2D eigenvalue weighted by Crippen LogP contribution is -2.56. The van der Waals surface area contributed by atoms with Crippen LogP contribution in [0, 0.1) is 5.92 Å². The molecule has 0 spiro atoms. The van der Waals surface area contributed by atoms with Gasteiger partial charge in [-0.25, -0.2) is 0 Å². The first-order valence-corrected chi connectivity index (χ1v) is 8.93. The first-order chi connectivity index (χ1) is 11.1. The van der Waals surface area contributed by atoms with Crippen molar-refractivity contribution in [2.75, 3.05) is 26.2 Å². The maximum atomic E-state index is 12.9. The second-order valence-electron chi connectivity index (χ2n) is 7.18. The number of carbonyl (C=O) groups is 1. The molecule has 0 aliphatic carbocycles. The van der Waals surface area contributed by atoms with Crippen molar-refractivity contribution >= 4 is 5.91 Å². The highest BCUT2D eigenvalue weighted by atomic mass is 16.2. The van der Waals surface area contributed by atoms with Gasteiger partial charge in [-0.05, 0) is 38.8 Å². The third-order valence-electron chi connectivity index (χ3n) is 5.22. The van der Waals surface area contributed by atoms with Gasteiger partial charge in [-0.3, -0.25) is 9.69 Å². The first-order valence-electron chi connectivity index (χ1n) is 8.93. The molecule has 0 radical (unpaired) electrons. The lowest BCUT2D eigenvalue weighted by atomic mass is 9.91. The molecule has 2 heterocycles. The van der Waals surface area contributed by atoms with Gasteiger partial charge in [-0.2, -0.15) is 0 Å². The molecule has 1 aromatic carbocycles. The van der Waals surface area contributed by atoms with Crippen molar-refractivity contribution in [2.45, 2.75) is 45.3 Å². The van der Waals surface area contributed by atoms with E-state index in [0.717, 1.165) is 45.6 Å². The van der Waals surface area contributed by atoms with Gasteiger partial charge in [0, 0.05) is 44.2 Å². The molecule has 4 heteroatoms. The summed E-state index contributed by atoms with van der Waals surface area (Å²) < 4.78 is 0. The Kier molecular flexibility index (Phi) is 5.34. The highest BCUT2D eigenvalue weighted by molar-refractivity contribution is 5.79. The molecule has 0 unspecified atom stereocenters. The normalized spacial score (nSPS) is 29.5. The van der Waals surface area contributed by atoms with Gasteiger partial charge < -0.3 is 10.2 Å². The third-order valence-corrected chi connectivity index (χ3v) is 5.22. The minimum absolute atomic E-state index is 0.217. The van der Waals surface area contributed by atoms with Crippen molar-refractivity contribution in [3.05, 3.63) is 35.9 Å². The monoisotopic (exact) mass is 315 g/mol. The summed E-state index contributed by atoms with van der Waals surface area (Å²) in [5, 5.41) is 3.44. The Morgan fingerprint density at radius 3 is 2.70 bits per heavy atom. The van der Waals surface area contributed by atoms with Crippen LogP contribution < -0.4 is 5.32 Å². The molecular weight excluding hydrogens is 286 g/mol. The average Bonchev–Trinajstić information content (AvgIpc) is 2.55. The number of amides is 1. The number of nitrogens with zero attached hydrogens (tertiary/aromatic N) is 2. The molecule has 2 aliphatic rings. The highest BCUT2D eigenvalue weighted by Crippen LogP contribution is 2.22. The molecule has 3 atom stereocenters. The Morgan fingerprint density at radius 2 is 2.00 bits per heavy atom. The SMILES string of the molecule is C[C@@H]1CN(Cc2ccccc2)CCN1C(=O)[C@H]1CCN[C@@H](C)C1. The summed E-state index contributed by atoms with van der Waals surface area (Å²) in [6.07, 6.45) is 1.97. The van der Waals surface area contributed by atoms with Crippen molar-refractivity contribution in [3.8, 4) is 0 Å². The zero-order valence-electron chi connectivity index (χ0n) is 14.4. The van der Waals surface area contributed by atoms with E-state index in [1.807, 2.05) is 0 Å². The topological polar surface area (TPSA) is 35.6 Å². The highest BCUT2D eigenvalue weighted by Gasteiger charge is 2.33. The summed E-state index contributed by atoms with van der Waals surface area (Å²) in [5.41, 5.74) is 1.35. The molecule has 2 aliphatic heterocycles. The van der Waals surface area contributed by atoms with E-state index in [1.54, 1.807) is 0 Å². The molecule has 23 heavy (non-hydrogen) atoms. The third kappa shape index (κ3) is 4.12. The van der Waals surface area contributed by atoms with Gasteiger partial charge in [0.2, 0.25) is 5.91 Å². The Labute approximate surface area is 139 Å². The summed E-state index contributed by atoms with van der Waals surface area (Å²) in [5.74, 6) is 0.597. The summed E-state index contributed by atoms with van der Waals surface area (Å²) in [6.45, 7) is 9.15. The zero-order valence-corrected chi connectivity index (χ0v) is 14.4. The van der Waals surface area contributed by atoms with E-state index in [-0.39, 0.29) is 5.92 Å². The predicted octanol–water partition coefficient (Wildman–Crippen LogP) is 2.11.